The molecule has 5 heteroatoms. The highest BCUT2D eigenvalue weighted by Crippen LogP contribution is 2.27. The number of nitrogens with two attached hydrogens (primary N) is 1. The smallest absolute Gasteiger partial charge is 0.224 e. The number of hydrogen-bond acceptors (Lipinski definition) is 4. The number of hydrogen-bond donors (Lipinski definition) is 1. The molecule has 20 heavy (non-hydrogen) atoms. The minimum Gasteiger partial charge on any atom is -0.439 e. The van der Waals surface area contributed by atoms with E-state index in [1.165, 1.54) is 0 Å². The zero-order chi connectivity index (χ0) is 14.9. The van der Waals surface area contributed by atoms with Crippen LogP contribution in [-0.2, 0) is 5.41 Å². The van der Waals surface area contributed by atoms with E-state index >= 15 is 0 Å². The molecule has 0 saturated carbocycles. The maximum absolute atomic E-state index is 5.83. The van der Waals surface area contributed by atoms with Crippen molar-refractivity contribution in [3.63, 3.8) is 0 Å². The standard InChI is InChI=1S/C15H18BrN3O/c1-9-7-10(5-6-11(9)16)20-13-8-12(17)18-14(19-13)15(2,3)4/h5-8H,1-4H3,(H2,17,18,19). The number of aromatic nitrogens is 2. The molecule has 0 bridgehead atoms. The van der Waals surface area contributed by atoms with Crippen molar-refractivity contribution in [3.8, 4) is 11.6 Å². The van der Waals surface area contributed by atoms with Crippen LogP contribution in [0.4, 0.5) is 5.82 Å². The number of rotatable bonds is 2. The first-order valence-electron chi connectivity index (χ1n) is 6.35. The number of benzene rings is 1. The third kappa shape index (κ3) is 3.48. The highest BCUT2D eigenvalue weighted by atomic mass is 79.9. The lowest BCUT2D eigenvalue weighted by molar-refractivity contribution is 0.446. The molecule has 1 aromatic heterocycles. The summed E-state index contributed by atoms with van der Waals surface area (Å²) in [4.78, 5) is 8.68. The first-order valence-corrected chi connectivity index (χ1v) is 7.14. The van der Waals surface area contributed by atoms with Gasteiger partial charge in [0.2, 0.25) is 5.88 Å². The summed E-state index contributed by atoms with van der Waals surface area (Å²) < 4.78 is 6.82. The Morgan fingerprint density at radius 2 is 1.85 bits per heavy atom. The van der Waals surface area contributed by atoms with Crippen LogP contribution in [0.2, 0.25) is 0 Å². The van der Waals surface area contributed by atoms with Crippen molar-refractivity contribution in [2.75, 3.05) is 5.73 Å². The molecule has 0 aliphatic rings. The first kappa shape index (κ1) is 14.8. The lowest BCUT2D eigenvalue weighted by Crippen LogP contribution is -2.17. The van der Waals surface area contributed by atoms with Gasteiger partial charge in [-0.05, 0) is 30.7 Å². The second-order valence-electron chi connectivity index (χ2n) is 5.72. The number of nitrogens with zero attached hydrogens (tertiary/aromatic N) is 2. The Morgan fingerprint density at radius 3 is 2.45 bits per heavy atom. The molecular weight excluding hydrogens is 318 g/mol. The molecule has 2 rings (SSSR count). The summed E-state index contributed by atoms with van der Waals surface area (Å²) in [6.07, 6.45) is 0. The SMILES string of the molecule is Cc1cc(Oc2cc(N)nc(C(C)(C)C)n2)ccc1Br. The second kappa shape index (κ2) is 5.40. The van der Waals surface area contributed by atoms with Crippen LogP contribution < -0.4 is 10.5 Å². The summed E-state index contributed by atoms with van der Waals surface area (Å²) in [6.45, 7) is 8.12. The lowest BCUT2D eigenvalue weighted by Gasteiger charge is -2.17. The van der Waals surface area contributed by atoms with Crippen LogP contribution >= 0.6 is 15.9 Å². The van der Waals surface area contributed by atoms with Gasteiger partial charge in [0.25, 0.3) is 0 Å². The fourth-order valence-corrected chi connectivity index (χ4v) is 1.88. The van der Waals surface area contributed by atoms with Crippen LogP contribution in [0.1, 0.15) is 32.2 Å². The molecule has 4 nitrogen and oxygen atoms in total. The molecule has 0 radical (unpaired) electrons. The third-order valence-electron chi connectivity index (χ3n) is 2.75. The van der Waals surface area contributed by atoms with Crippen molar-refractivity contribution in [2.45, 2.75) is 33.1 Å². The van der Waals surface area contributed by atoms with Gasteiger partial charge in [-0.2, -0.15) is 4.98 Å². The Labute approximate surface area is 127 Å². The summed E-state index contributed by atoms with van der Waals surface area (Å²) >= 11 is 3.46. The predicted octanol–water partition coefficient (Wildman–Crippen LogP) is 4.22. The molecule has 0 atom stereocenters. The van der Waals surface area contributed by atoms with Crippen LogP contribution in [0.25, 0.3) is 0 Å². The fraction of sp³-hybridized carbons (Fsp3) is 0.333. The Hall–Kier alpha value is -1.62. The van der Waals surface area contributed by atoms with Gasteiger partial charge in [0.05, 0.1) is 0 Å². The highest BCUT2D eigenvalue weighted by molar-refractivity contribution is 9.10. The molecule has 2 N–H and O–H groups in total. The molecule has 0 amide bonds. The van der Waals surface area contributed by atoms with Gasteiger partial charge in [0.15, 0.2) is 0 Å². The van der Waals surface area contributed by atoms with Gasteiger partial charge in [-0.25, -0.2) is 4.98 Å². The average molecular weight is 336 g/mol. The van der Waals surface area contributed by atoms with E-state index in [1.54, 1.807) is 6.07 Å². The monoisotopic (exact) mass is 335 g/mol. The summed E-state index contributed by atoms with van der Waals surface area (Å²) in [5.41, 5.74) is 6.75. The Balaban J connectivity index is 2.33. The molecule has 1 aromatic carbocycles. The van der Waals surface area contributed by atoms with Gasteiger partial charge < -0.3 is 10.5 Å². The van der Waals surface area contributed by atoms with Gasteiger partial charge in [-0.15, -0.1) is 0 Å². The van der Waals surface area contributed by atoms with Crippen molar-refractivity contribution in [3.05, 3.63) is 40.1 Å². The molecular formula is C15H18BrN3O. The average Bonchev–Trinajstić information content (AvgIpc) is 2.32. The largest absolute Gasteiger partial charge is 0.439 e. The van der Waals surface area contributed by atoms with Crippen LogP contribution in [0.3, 0.4) is 0 Å². The molecule has 0 aliphatic heterocycles. The van der Waals surface area contributed by atoms with Gasteiger partial charge in [-0.3, -0.25) is 0 Å². The molecule has 0 spiro atoms. The molecule has 0 saturated heterocycles. The van der Waals surface area contributed by atoms with Crippen molar-refractivity contribution >= 4 is 21.7 Å². The van der Waals surface area contributed by atoms with Crippen LogP contribution in [0.15, 0.2) is 28.7 Å². The van der Waals surface area contributed by atoms with Crippen molar-refractivity contribution in [2.24, 2.45) is 0 Å². The van der Waals surface area contributed by atoms with Gasteiger partial charge >= 0.3 is 0 Å². The number of nitrogen functional groups attached to an aromatic ring is 1. The van der Waals surface area contributed by atoms with Crippen LogP contribution in [0.5, 0.6) is 11.6 Å². The van der Waals surface area contributed by atoms with E-state index in [1.807, 2.05) is 45.9 Å². The first-order chi connectivity index (χ1) is 9.25. The zero-order valence-corrected chi connectivity index (χ0v) is 13.7. The molecule has 0 aliphatic carbocycles. The number of aryl methyl sites for hydroxylation is 1. The number of anilines is 1. The van der Waals surface area contributed by atoms with Gasteiger partial charge in [-0.1, -0.05) is 36.7 Å². The van der Waals surface area contributed by atoms with E-state index in [-0.39, 0.29) is 5.41 Å². The Bertz CT molecular complexity index is 636. The van der Waals surface area contributed by atoms with E-state index in [9.17, 15) is 0 Å². The van der Waals surface area contributed by atoms with Gasteiger partial charge in [0.1, 0.15) is 17.4 Å². The van der Waals surface area contributed by atoms with E-state index < -0.39 is 0 Å². The van der Waals surface area contributed by atoms with Crippen molar-refractivity contribution in [1.29, 1.82) is 0 Å². The number of halogens is 1. The summed E-state index contributed by atoms with van der Waals surface area (Å²) in [7, 11) is 0. The minimum absolute atomic E-state index is 0.177. The quantitative estimate of drug-likeness (QED) is 0.892. The second-order valence-corrected chi connectivity index (χ2v) is 6.57. The van der Waals surface area contributed by atoms with E-state index in [2.05, 4.69) is 25.9 Å². The Kier molecular flexibility index (Phi) is 3.99. The third-order valence-corrected chi connectivity index (χ3v) is 3.63. The normalized spacial score (nSPS) is 11.4. The summed E-state index contributed by atoms with van der Waals surface area (Å²) in [5.74, 6) is 2.27. The Morgan fingerprint density at radius 1 is 1.15 bits per heavy atom. The van der Waals surface area contributed by atoms with Crippen LogP contribution in [0, 0.1) is 6.92 Å². The van der Waals surface area contributed by atoms with Crippen molar-refractivity contribution < 1.29 is 4.74 Å². The van der Waals surface area contributed by atoms with Gasteiger partial charge in [0, 0.05) is 16.0 Å². The molecule has 2 aromatic rings. The minimum atomic E-state index is -0.177. The summed E-state index contributed by atoms with van der Waals surface area (Å²) in [6, 6.07) is 7.40. The van der Waals surface area contributed by atoms with Crippen LogP contribution in [-0.4, -0.2) is 9.97 Å². The highest BCUT2D eigenvalue weighted by Gasteiger charge is 2.19. The number of ether oxygens (including phenoxy) is 1. The van der Waals surface area contributed by atoms with E-state index in [4.69, 9.17) is 10.5 Å². The lowest BCUT2D eigenvalue weighted by atomic mass is 9.96. The van der Waals surface area contributed by atoms with E-state index in [0.717, 1.165) is 15.8 Å². The maximum atomic E-state index is 5.83. The van der Waals surface area contributed by atoms with E-state index in [0.29, 0.717) is 17.5 Å². The van der Waals surface area contributed by atoms with Crippen molar-refractivity contribution in [1.82, 2.24) is 9.97 Å². The maximum Gasteiger partial charge on any atom is 0.224 e. The fourth-order valence-electron chi connectivity index (χ4n) is 1.63. The molecule has 106 valence electrons. The zero-order valence-electron chi connectivity index (χ0n) is 12.1. The summed E-state index contributed by atoms with van der Waals surface area (Å²) in [5, 5.41) is 0. The molecule has 0 unspecified atom stereocenters. The molecule has 1 heterocycles. The topological polar surface area (TPSA) is 61.0 Å². The molecule has 0 fully saturated rings. The predicted molar refractivity (Wildman–Crippen MR) is 84.1 cm³/mol.